The topological polar surface area (TPSA) is 84.5 Å². The van der Waals surface area contributed by atoms with Crippen molar-refractivity contribution in [3.8, 4) is 0 Å². The summed E-state index contributed by atoms with van der Waals surface area (Å²) in [5.41, 5.74) is 2.65. The lowest BCUT2D eigenvalue weighted by Gasteiger charge is -2.22. The molecule has 2 amide bonds. The number of rotatable bonds is 8. The maximum absolute atomic E-state index is 12.8. The molecule has 0 aliphatic rings. The number of carbonyl (C=O) groups is 3. The van der Waals surface area contributed by atoms with Gasteiger partial charge in [-0.1, -0.05) is 53.6 Å². The van der Waals surface area contributed by atoms with Crippen LogP contribution in [0.5, 0.6) is 0 Å². The Bertz CT molecular complexity index is 850. The maximum atomic E-state index is 12.8. The fraction of sp³-hybridized carbons (Fsp3) is 0.318. The molecule has 2 aromatic carbocycles. The third kappa shape index (κ3) is 7.23. The summed E-state index contributed by atoms with van der Waals surface area (Å²) < 4.78 is 4.75. The van der Waals surface area contributed by atoms with E-state index < -0.39 is 18.1 Å². The minimum Gasteiger partial charge on any atom is -0.469 e. The van der Waals surface area contributed by atoms with Crippen LogP contribution in [0.3, 0.4) is 0 Å². The first-order chi connectivity index (χ1) is 13.8. The molecule has 2 atom stereocenters. The molecule has 0 saturated heterocycles. The molecular formula is C22H25ClN2O4. The van der Waals surface area contributed by atoms with Crippen molar-refractivity contribution in [1.82, 2.24) is 10.6 Å². The van der Waals surface area contributed by atoms with Crippen LogP contribution < -0.4 is 10.6 Å². The summed E-state index contributed by atoms with van der Waals surface area (Å²) in [6, 6.07) is 13.5. The number of ether oxygens (including phenoxy) is 1. The predicted octanol–water partition coefficient (Wildman–Crippen LogP) is 3.64. The Morgan fingerprint density at radius 1 is 0.897 bits per heavy atom. The summed E-state index contributed by atoms with van der Waals surface area (Å²) in [6.45, 7) is 3.38. The van der Waals surface area contributed by atoms with Gasteiger partial charge in [0.25, 0.3) is 0 Å². The lowest BCUT2D eigenvalue weighted by molar-refractivity contribution is -0.141. The van der Waals surface area contributed by atoms with Gasteiger partial charge in [0.1, 0.15) is 0 Å². The van der Waals surface area contributed by atoms with Crippen LogP contribution >= 0.6 is 11.6 Å². The first kappa shape index (κ1) is 22.4. The molecule has 29 heavy (non-hydrogen) atoms. The fourth-order valence-corrected chi connectivity index (χ4v) is 3.06. The monoisotopic (exact) mass is 416 g/mol. The number of hydrogen-bond donors (Lipinski definition) is 2. The smallest absolute Gasteiger partial charge is 0.307 e. The first-order valence-electron chi connectivity index (χ1n) is 9.23. The van der Waals surface area contributed by atoms with Crippen molar-refractivity contribution in [3.05, 3.63) is 70.2 Å². The van der Waals surface area contributed by atoms with Crippen LogP contribution in [0, 0.1) is 6.92 Å². The van der Waals surface area contributed by atoms with Crippen molar-refractivity contribution >= 4 is 29.4 Å². The van der Waals surface area contributed by atoms with E-state index >= 15 is 0 Å². The molecule has 154 valence electrons. The molecule has 0 bridgehead atoms. The van der Waals surface area contributed by atoms with E-state index in [4.69, 9.17) is 16.3 Å². The summed E-state index contributed by atoms with van der Waals surface area (Å²) in [7, 11) is 1.30. The standard InChI is InChI=1S/C22H25ClN2O4/c1-14-4-6-16(7-5-14)19(24-15(2)26)12-21(27)25-20(13-22(28)29-3)17-8-10-18(23)11-9-17/h4-11,19-20H,12-13H2,1-3H3,(H,24,26)(H,25,27). The Kier molecular flexibility index (Phi) is 8.21. The van der Waals surface area contributed by atoms with Crippen molar-refractivity contribution in [2.75, 3.05) is 7.11 Å². The average molecular weight is 417 g/mol. The Morgan fingerprint density at radius 2 is 1.41 bits per heavy atom. The SMILES string of the molecule is COC(=O)CC(NC(=O)CC(NC(C)=O)c1ccc(C)cc1)c1ccc(Cl)cc1. The largest absolute Gasteiger partial charge is 0.469 e. The van der Waals surface area contributed by atoms with Gasteiger partial charge in [0.05, 0.1) is 32.0 Å². The molecule has 0 aliphatic carbocycles. The van der Waals surface area contributed by atoms with Crippen LogP contribution in [0.25, 0.3) is 0 Å². The van der Waals surface area contributed by atoms with E-state index in [0.29, 0.717) is 5.02 Å². The van der Waals surface area contributed by atoms with Crippen molar-refractivity contribution in [1.29, 1.82) is 0 Å². The van der Waals surface area contributed by atoms with Gasteiger partial charge < -0.3 is 15.4 Å². The first-order valence-corrected chi connectivity index (χ1v) is 9.61. The van der Waals surface area contributed by atoms with Crippen LogP contribution in [0.4, 0.5) is 0 Å². The van der Waals surface area contributed by atoms with Gasteiger partial charge in [-0.05, 0) is 30.2 Å². The second-order valence-corrected chi connectivity index (χ2v) is 7.26. The van der Waals surface area contributed by atoms with Gasteiger partial charge in [-0.3, -0.25) is 14.4 Å². The number of esters is 1. The second kappa shape index (κ2) is 10.6. The molecule has 0 aromatic heterocycles. The number of carbonyl (C=O) groups excluding carboxylic acids is 3. The molecule has 0 heterocycles. The van der Waals surface area contributed by atoms with E-state index in [1.807, 2.05) is 31.2 Å². The molecular weight excluding hydrogens is 392 g/mol. The molecule has 7 heteroatoms. The molecule has 2 aromatic rings. The average Bonchev–Trinajstić information content (AvgIpc) is 2.67. The quantitative estimate of drug-likeness (QED) is 0.643. The highest BCUT2D eigenvalue weighted by Crippen LogP contribution is 2.22. The molecule has 0 radical (unpaired) electrons. The van der Waals surface area contributed by atoms with Crippen LogP contribution in [0.1, 0.15) is 48.5 Å². The van der Waals surface area contributed by atoms with Gasteiger partial charge in [-0.25, -0.2) is 0 Å². The van der Waals surface area contributed by atoms with Crippen molar-refractivity contribution in [2.24, 2.45) is 0 Å². The lowest BCUT2D eigenvalue weighted by Crippen LogP contribution is -2.35. The van der Waals surface area contributed by atoms with Gasteiger partial charge in [0.2, 0.25) is 11.8 Å². The molecule has 0 aliphatic heterocycles. The predicted molar refractivity (Wildman–Crippen MR) is 111 cm³/mol. The zero-order valence-corrected chi connectivity index (χ0v) is 17.5. The number of halogens is 1. The minimum atomic E-state index is -0.566. The van der Waals surface area contributed by atoms with E-state index in [2.05, 4.69) is 10.6 Å². The highest BCUT2D eigenvalue weighted by Gasteiger charge is 2.22. The molecule has 0 fully saturated rings. The number of benzene rings is 2. The molecule has 0 spiro atoms. The van der Waals surface area contributed by atoms with E-state index in [-0.39, 0.29) is 24.7 Å². The van der Waals surface area contributed by atoms with Crippen LogP contribution in [-0.4, -0.2) is 24.9 Å². The molecule has 2 unspecified atom stereocenters. The number of aryl methyl sites for hydroxylation is 1. The van der Waals surface area contributed by atoms with E-state index in [9.17, 15) is 14.4 Å². The number of amides is 2. The highest BCUT2D eigenvalue weighted by molar-refractivity contribution is 6.30. The molecule has 6 nitrogen and oxygen atoms in total. The Hall–Kier alpha value is -2.86. The molecule has 2 rings (SSSR count). The summed E-state index contributed by atoms with van der Waals surface area (Å²) in [5.74, 6) is -0.970. The van der Waals surface area contributed by atoms with Crippen LogP contribution in [0.2, 0.25) is 5.02 Å². The zero-order chi connectivity index (χ0) is 21.4. The van der Waals surface area contributed by atoms with Crippen LogP contribution in [0.15, 0.2) is 48.5 Å². The van der Waals surface area contributed by atoms with Crippen molar-refractivity contribution in [2.45, 2.75) is 38.8 Å². The Morgan fingerprint density at radius 3 is 1.93 bits per heavy atom. The van der Waals surface area contributed by atoms with Crippen LogP contribution in [-0.2, 0) is 19.1 Å². The molecule has 2 N–H and O–H groups in total. The normalized spacial score (nSPS) is 12.6. The lowest BCUT2D eigenvalue weighted by atomic mass is 10.00. The van der Waals surface area contributed by atoms with Gasteiger partial charge in [-0.15, -0.1) is 0 Å². The van der Waals surface area contributed by atoms with E-state index in [1.165, 1.54) is 14.0 Å². The van der Waals surface area contributed by atoms with Crippen molar-refractivity contribution in [3.63, 3.8) is 0 Å². The third-order valence-electron chi connectivity index (χ3n) is 4.45. The van der Waals surface area contributed by atoms with E-state index in [0.717, 1.165) is 16.7 Å². The number of methoxy groups -OCH3 is 1. The zero-order valence-electron chi connectivity index (χ0n) is 16.7. The second-order valence-electron chi connectivity index (χ2n) is 6.82. The van der Waals surface area contributed by atoms with Gasteiger partial charge >= 0.3 is 5.97 Å². The highest BCUT2D eigenvalue weighted by atomic mass is 35.5. The van der Waals surface area contributed by atoms with Gasteiger partial charge in [-0.2, -0.15) is 0 Å². The maximum Gasteiger partial charge on any atom is 0.307 e. The molecule has 0 saturated carbocycles. The third-order valence-corrected chi connectivity index (χ3v) is 4.70. The van der Waals surface area contributed by atoms with Crippen molar-refractivity contribution < 1.29 is 19.1 Å². The number of hydrogen-bond acceptors (Lipinski definition) is 4. The van der Waals surface area contributed by atoms with E-state index in [1.54, 1.807) is 24.3 Å². The summed E-state index contributed by atoms with van der Waals surface area (Å²) in [4.78, 5) is 36.2. The Balaban J connectivity index is 2.16. The fourth-order valence-electron chi connectivity index (χ4n) is 2.93. The van der Waals surface area contributed by atoms with Gasteiger partial charge in [0, 0.05) is 11.9 Å². The Labute approximate surface area is 175 Å². The summed E-state index contributed by atoms with van der Waals surface area (Å²) in [6.07, 6.45) is 0.0209. The van der Waals surface area contributed by atoms with Gasteiger partial charge in [0.15, 0.2) is 0 Å². The minimum absolute atomic E-state index is 0.0147. The number of nitrogens with one attached hydrogen (secondary N) is 2. The summed E-state index contributed by atoms with van der Waals surface area (Å²) in [5, 5.41) is 6.24. The summed E-state index contributed by atoms with van der Waals surface area (Å²) >= 11 is 5.93.